The summed E-state index contributed by atoms with van der Waals surface area (Å²) in [5, 5.41) is 2.49. The molecule has 0 atom stereocenters. The van der Waals surface area contributed by atoms with Gasteiger partial charge in [-0.3, -0.25) is 10.1 Å². The minimum absolute atomic E-state index is 0.0153. The molecule has 1 saturated carbocycles. The van der Waals surface area contributed by atoms with Gasteiger partial charge in [0.2, 0.25) is 5.91 Å². The molecule has 0 heterocycles. The molecule has 98 valence electrons. The van der Waals surface area contributed by atoms with Crippen LogP contribution in [0, 0.1) is 0 Å². The molecular weight excluding hydrogens is 245 g/mol. The lowest BCUT2D eigenvalue weighted by Crippen LogP contribution is -2.44. The highest BCUT2D eigenvalue weighted by Crippen LogP contribution is 2.49. The van der Waals surface area contributed by atoms with E-state index in [0.717, 1.165) is 0 Å². The standard InChI is InChI=1S/C12H13F3N2O/c13-12(14,15)11(5-6-11)17-7-8-3-1-2-4-9(8)10(16)18/h1-4,17H,5-7H2,(H2,16,18). The van der Waals surface area contributed by atoms with Crippen molar-refractivity contribution >= 4 is 5.91 Å². The molecule has 1 aromatic carbocycles. The molecule has 1 fully saturated rings. The maximum absolute atomic E-state index is 12.7. The van der Waals surface area contributed by atoms with Crippen LogP contribution in [0.15, 0.2) is 24.3 Å². The van der Waals surface area contributed by atoms with Crippen molar-refractivity contribution in [2.45, 2.75) is 31.1 Å². The summed E-state index contributed by atoms with van der Waals surface area (Å²) in [6.07, 6.45) is -4.10. The summed E-state index contributed by atoms with van der Waals surface area (Å²) in [4.78, 5) is 11.1. The Morgan fingerprint density at radius 3 is 2.44 bits per heavy atom. The Balaban J connectivity index is 2.10. The summed E-state index contributed by atoms with van der Waals surface area (Å²) in [6.45, 7) is -0.0153. The molecule has 0 aliphatic heterocycles. The fourth-order valence-corrected chi connectivity index (χ4v) is 1.86. The predicted molar refractivity (Wildman–Crippen MR) is 59.8 cm³/mol. The van der Waals surface area contributed by atoms with Crippen LogP contribution in [-0.2, 0) is 6.54 Å². The van der Waals surface area contributed by atoms with E-state index in [0.29, 0.717) is 5.56 Å². The number of carbonyl (C=O) groups excluding carboxylic acids is 1. The van der Waals surface area contributed by atoms with Crippen LogP contribution in [0.25, 0.3) is 0 Å². The van der Waals surface area contributed by atoms with Crippen LogP contribution in [0.4, 0.5) is 13.2 Å². The average molecular weight is 258 g/mol. The molecule has 18 heavy (non-hydrogen) atoms. The van der Waals surface area contributed by atoms with Gasteiger partial charge in [0.25, 0.3) is 0 Å². The van der Waals surface area contributed by atoms with Gasteiger partial charge in [0, 0.05) is 12.1 Å². The number of alkyl halides is 3. The van der Waals surface area contributed by atoms with E-state index >= 15 is 0 Å². The van der Waals surface area contributed by atoms with E-state index < -0.39 is 17.6 Å². The molecule has 1 aliphatic rings. The second-order valence-electron chi connectivity index (χ2n) is 4.45. The number of nitrogens with two attached hydrogens (primary N) is 1. The molecule has 0 spiro atoms. The SMILES string of the molecule is NC(=O)c1ccccc1CNC1(C(F)(F)F)CC1. The Labute approximate surface area is 102 Å². The number of hydrogen-bond acceptors (Lipinski definition) is 2. The highest BCUT2D eigenvalue weighted by Gasteiger charge is 2.62. The summed E-state index contributed by atoms with van der Waals surface area (Å²) < 4.78 is 38.1. The van der Waals surface area contributed by atoms with Crippen molar-refractivity contribution in [2.24, 2.45) is 5.73 Å². The van der Waals surface area contributed by atoms with E-state index in [-0.39, 0.29) is 24.9 Å². The Hall–Kier alpha value is -1.56. The molecule has 6 heteroatoms. The normalized spacial score (nSPS) is 17.5. The lowest BCUT2D eigenvalue weighted by Gasteiger charge is -2.21. The van der Waals surface area contributed by atoms with Crippen molar-refractivity contribution in [1.29, 1.82) is 0 Å². The molecule has 0 aromatic heterocycles. The summed E-state index contributed by atoms with van der Waals surface area (Å²) in [6, 6.07) is 6.39. The van der Waals surface area contributed by atoms with E-state index in [4.69, 9.17) is 5.73 Å². The quantitative estimate of drug-likeness (QED) is 0.867. The number of nitrogens with one attached hydrogen (secondary N) is 1. The Kier molecular flexibility index (Phi) is 3.06. The number of amides is 1. The number of primary amides is 1. The van der Waals surface area contributed by atoms with Gasteiger partial charge in [0.15, 0.2) is 0 Å². The Morgan fingerprint density at radius 1 is 1.33 bits per heavy atom. The molecule has 1 aromatic rings. The molecule has 3 nitrogen and oxygen atoms in total. The number of rotatable bonds is 4. The zero-order valence-corrected chi connectivity index (χ0v) is 9.55. The molecular formula is C12H13F3N2O. The van der Waals surface area contributed by atoms with Gasteiger partial charge in [0.05, 0.1) is 0 Å². The van der Waals surface area contributed by atoms with Crippen LogP contribution >= 0.6 is 0 Å². The maximum atomic E-state index is 12.7. The van der Waals surface area contributed by atoms with Crippen molar-refractivity contribution in [2.75, 3.05) is 0 Å². The first-order valence-electron chi connectivity index (χ1n) is 5.55. The molecule has 1 amide bonds. The van der Waals surface area contributed by atoms with Crippen LogP contribution in [0.5, 0.6) is 0 Å². The third-order valence-corrected chi connectivity index (χ3v) is 3.19. The molecule has 0 unspecified atom stereocenters. The number of hydrogen-bond donors (Lipinski definition) is 2. The monoisotopic (exact) mass is 258 g/mol. The van der Waals surface area contributed by atoms with Gasteiger partial charge >= 0.3 is 6.18 Å². The van der Waals surface area contributed by atoms with Crippen LogP contribution in [0.3, 0.4) is 0 Å². The van der Waals surface area contributed by atoms with E-state index in [1.807, 2.05) is 0 Å². The van der Waals surface area contributed by atoms with Gasteiger partial charge in [-0.05, 0) is 24.5 Å². The lowest BCUT2D eigenvalue weighted by molar-refractivity contribution is -0.166. The zero-order valence-electron chi connectivity index (χ0n) is 9.55. The van der Waals surface area contributed by atoms with Crippen LogP contribution < -0.4 is 11.1 Å². The first kappa shape index (κ1) is 12.9. The molecule has 3 N–H and O–H groups in total. The molecule has 0 radical (unpaired) electrons. The fourth-order valence-electron chi connectivity index (χ4n) is 1.86. The predicted octanol–water partition coefficient (Wildman–Crippen LogP) is 1.97. The van der Waals surface area contributed by atoms with Gasteiger partial charge < -0.3 is 5.73 Å². The topological polar surface area (TPSA) is 55.1 Å². The maximum Gasteiger partial charge on any atom is 0.406 e. The van der Waals surface area contributed by atoms with Gasteiger partial charge in [-0.1, -0.05) is 18.2 Å². The summed E-state index contributed by atoms with van der Waals surface area (Å²) in [5.74, 6) is -0.635. The Morgan fingerprint density at radius 2 is 1.94 bits per heavy atom. The largest absolute Gasteiger partial charge is 0.406 e. The van der Waals surface area contributed by atoms with E-state index in [1.54, 1.807) is 18.2 Å². The van der Waals surface area contributed by atoms with Gasteiger partial charge in [-0.15, -0.1) is 0 Å². The Bertz CT molecular complexity index is 467. The lowest BCUT2D eigenvalue weighted by atomic mass is 10.1. The smallest absolute Gasteiger partial charge is 0.366 e. The van der Waals surface area contributed by atoms with Crippen molar-refractivity contribution in [3.05, 3.63) is 35.4 Å². The number of halogens is 3. The van der Waals surface area contributed by atoms with Crippen molar-refractivity contribution < 1.29 is 18.0 Å². The summed E-state index contributed by atoms with van der Waals surface area (Å²) in [5.41, 5.74) is 4.13. The highest BCUT2D eigenvalue weighted by molar-refractivity contribution is 5.94. The second kappa shape index (κ2) is 4.28. The van der Waals surface area contributed by atoms with Crippen molar-refractivity contribution in [3.8, 4) is 0 Å². The second-order valence-corrected chi connectivity index (χ2v) is 4.45. The van der Waals surface area contributed by atoms with Gasteiger partial charge in [0.1, 0.15) is 5.54 Å². The highest BCUT2D eigenvalue weighted by atomic mass is 19.4. The summed E-state index contributed by atoms with van der Waals surface area (Å²) >= 11 is 0. The number of carbonyl (C=O) groups is 1. The van der Waals surface area contributed by atoms with Crippen LogP contribution in [-0.4, -0.2) is 17.6 Å². The van der Waals surface area contributed by atoms with E-state index in [2.05, 4.69) is 5.32 Å². The van der Waals surface area contributed by atoms with Gasteiger partial charge in [-0.2, -0.15) is 13.2 Å². The average Bonchev–Trinajstić information content (AvgIpc) is 3.07. The van der Waals surface area contributed by atoms with E-state index in [1.165, 1.54) is 6.07 Å². The molecule has 0 saturated heterocycles. The first-order chi connectivity index (χ1) is 8.36. The summed E-state index contributed by atoms with van der Waals surface area (Å²) in [7, 11) is 0. The molecule has 1 aliphatic carbocycles. The minimum Gasteiger partial charge on any atom is -0.366 e. The van der Waals surface area contributed by atoms with Crippen LogP contribution in [0.1, 0.15) is 28.8 Å². The van der Waals surface area contributed by atoms with E-state index in [9.17, 15) is 18.0 Å². The zero-order chi connectivity index (χ0) is 13.4. The first-order valence-corrected chi connectivity index (χ1v) is 5.55. The van der Waals surface area contributed by atoms with Crippen LogP contribution in [0.2, 0.25) is 0 Å². The van der Waals surface area contributed by atoms with Crippen molar-refractivity contribution in [1.82, 2.24) is 5.32 Å². The molecule has 0 bridgehead atoms. The van der Waals surface area contributed by atoms with Crippen molar-refractivity contribution in [3.63, 3.8) is 0 Å². The minimum atomic E-state index is -4.26. The fraction of sp³-hybridized carbons (Fsp3) is 0.417. The third-order valence-electron chi connectivity index (χ3n) is 3.19. The van der Waals surface area contributed by atoms with Gasteiger partial charge in [-0.25, -0.2) is 0 Å². The third kappa shape index (κ3) is 2.33. The molecule has 2 rings (SSSR count). The number of benzene rings is 1.